The number of rotatable bonds is 8. The average Bonchev–Trinajstić information content (AvgIpc) is 2.45. The van der Waals surface area contributed by atoms with Crippen LogP contribution in [0.3, 0.4) is 0 Å². The third kappa shape index (κ3) is 6.14. The van der Waals surface area contributed by atoms with Crippen LogP contribution < -0.4 is 5.32 Å². The van der Waals surface area contributed by atoms with Crippen LogP contribution in [0, 0.1) is 11.7 Å². The predicted octanol–water partition coefficient (Wildman–Crippen LogP) is 1.77. The number of aliphatic carboxylic acids is 1. The minimum atomic E-state index is -1.14. The zero-order valence-electron chi connectivity index (χ0n) is 11.8. The van der Waals surface area contributed by atoms with Gasteiger partial charge >= 0.3 is 5.97 Å². The maximum absolute atomic E-state index is 12.8. The fourth-order valence-corrected chi connectivity index (χ4v) is 2.41. The van der Waals surface area contributed by atoms with E-state index in [0.29, 0.717) is 5.75 Å². The van der Waals surface area contributed by atoms with Gasteiger partial charge in [0.05, 0.1) is 6.61 Å². The number of thioether (sulfide) groups is 1. The van der Waals surface area contributed by atoms with Crippen LogP contribution in [0.5, 0.6) is 0 Å². The van der Waals surface area contributed by atoms with E-state index in [1.165, 1.54) is 31.0 Å². The van der Waals surface area contributed by atoms with Gasteiger partial charge in [-0.3, -0.25) is 4.79 Å². The number of hydrogen-bond acceptors (Lipinski definition) is 4. The Balaban J connectivity index is 2.46. The van der Waals surface area contributed by atoms with Gasteiger partial charge in [0.25, 0.3) is 0 Å². The van der Waals surface area contributed by atoms with Crippen LogP contribution in [0.1, 0.15) is 6.92 Å². The molecule has 0 heterocycles. The summed E-state index contributed by atoms with van der Waals surface area (Å²) in [6.45, 7) is 1.62. The number of carbonyl (C=O) groups excluding carboxylic acids is 1. The number of carboxylic acid groups (broad SMARTS) is 1. The van der Waals surface area contributed by atoms with E-state index in [0.717, 1.165) is 4.90 Å². The Morgan fingerprint density at radius 2 is 2.00 bits per heavy atom. The molecule has 2 atom stereocenters. The summed E-state index contributed by atoms with van der Waals surface area (Å²) in [5, 5.41) is 11.4. The molecule has 21 heavy (non-hydrogen) atoms. The first-order valence-corrected chi connectivity index (χ1v) is 7.33. The maximum Gasteiger partial charge on any atom is 0.328 e. The van der Waals surface area contributed by atoms with Gasteiger partial charge in [-0.15, -0.1) is 11.8 Å². The van der Waals surface area contributed by atoms with Crippen LogP contribution in [0.15, 0.2) is 29.2 Å². The molecule has 1 amide bonds. The molecule has 1 rings (SSSR count). The zero-order chi connectivity index (χ0) is 15.8. The molecule has 0 saturated carbocycles. The van der Waals surface area contributed by atoms with E-state index >= 15 is 0 Å². The molecule has 0 bridgehead atoms. The highest BCUT2D eigenvalue weighted by atomic mass is 32.2. The highest BCUT2D eigenvalue weighted by Crippen LogP contribution is 2.21. The standard InChI is InChI=1S/C14H18FNO4S/c1-9(8-21-11-5-3-10(15)4-6-11)13(17)16-12(7-20-2)14(18)19/h3-6,9,12H,7-8H2,1-2H3,(H,16,17)(H,18,19). The molecule has 0 saturated heterocycles. The Bertz CT molecular complexity index is 480. The number of amides is 1. The van der Waals surface area contributed by atoms with Gasteiger partial charge in [-0.2, -0.15) is 0 Å². The second-order valence-corrected chi connectivity index (χ2v) is 5.61. The van der Waals surface area contributed by atoms with Crippen LogP contribution in [0.2, 0.25) is 0 Å². The van der Waals surface area contributed by atoms with Crippen molar-refractivity contribution in [1.29, 1.82) is 0 Å². The van der Waals surface area contributed by atoms with E-state index in [1.807, 2.05) is 0 Å². The molecule has 5 nitrogen and oxygen atoms in total. The summed E-state index contributed by atoms with van der Waals surface area (Å²) in [5.74, 6) is -1.71. The smallest absolute Gasteiger partial charge is 0.328 e. The first-order valence-electron chi connectivity index (χ1n) is 6.34. The zero-order valence-corrected chi connectivity index (χ0v) is 12.7. The predicted molar refractivity (Wildman–Crippen MR) is 77.7 cm³/mol. The molecular weight excluding hydrogens is 297 g/mol. The van der Waals surface area contributed by atoms with Gasteiger partial charge in [0.2, 0.25) is 5.91 Å². The topological polar surface area (TPSA) is 75.6 Å². The van der Waals surface area contributed by atoms with Crippen molar-refractivity contribution in [3.63, 3.8) is 0 Å². The SMILES string of the molecule is COCC(NC(=O)C(C)CSc1ccc(F)cc1)C(=O)O. The maximum atomic E-state index is 12.8. The average molecular weight is 315 g/mol. The first-order chi connectivity index (χ1) is 9.93. The van der Waals surface area contributed by atoms with Crippen molar-refractivity contribution in [1.82, 2.24) is 5.32 Å². The van der Waals surface area contributed by atoms with Gasteiger partial charge in [0.15, 0.2) is 6.04 Å². The Morgan fingerprint density at radius 1 is 1.38 bits per heavy atom. The van der Waals surface area contributed by atoms with Crippen molar-refractivity contribution >= 4 is 23.6 Å². The van der Waals surface area contributed by atoms with Crippen LogP contribution in [0.25, 0.3) is 0 Å². The Hall–Kier alpha value is -1.60. The number of carbonyl (C=O) groups is 2. The molecule has 0 aliphatic heterocycles. The van der Waals surface area contributed by atoms with Crippen molar-refractivity contribution in [2.24, 2.45) is 5.92 Å². The minimum Gasteiger partial charge on any atom is -0.480 e. The number of methoxy groups -OCH3 is 1. The highest BCUT2D eigenvalue weighted by Gasteiger charge is 2.22. The molecule has 0 radical (unpaired) electrons. The third-order valence-electron chi connectivity index (χ3n) is 2.71. The summed E-state index contributed by atoms with van der Waals surface area (Å²) in [4.78, 5) is 23.7. The fraction of sp³-hybridized carbons (Fsp3) is 0.429. The molecular formula is C14H18FNO4S. The lowest BCUT2D eigenvalue weighted by atomic mass is 10.2. The van der Waals surface area contributed by atoms with Crippen LogP contribution in [0.4, 0.5) is 4.39 Å². The largest absolute Gasteiger partial charge is 0.480 e. The van der Waals surface area contributed by atoms with Crippen molar-refractivity contribution < 1.29 is 23.8 Å². The second kappa shape index (κ2) is 8.63. The summed E-state index contributed by atoms with van der Waals surface area (Å²) in [6, 6.07) is 4.92. The van der Waals surface area contributed by atoms with Crippen LogP contribution in [-0.2, 0) is 14.3 Å². The van der Waals surface area contributed by atoms with Gasteiger partial charge in [0.1, 0.15) is 5.82 Å². The van der Waals surface area contributed by atoms with Gasteiger partial charge in [-0.25, -0.2) is 9.18 Å². The molecule has 2 N–H and O–H groups in total. The minimum absolute atomic E-state index is 0.0844. The highest BCUT2D eigenvalue weighted by molar-refractivity contribution is 7.99. The van der Waals surface area contributed by atoms with Gasteiger partial charge in [0, 0.05) is 23.7 Å². The fourth-order valence-electron chi connectivity index (χ4n) is 1.48. The molecule has 0 aliphatic carbocycles. The van der Waals surface area contributed by atoms with Crippen molar-refractivity contribution in [3.8, 4) is 0 Å². The summed E-state index contributed by atoms with van der Waals surface area (Å²) < 4.78 is 17.5. The van der Waals surface area contributed by atoms with Gasteiger partial charge in [-0.05, 0) is 24.3 Å². The molecule has 7 heteroatoms. The van der Waals surface area contributed by atoms with E-state index in [1.54, 1.807) is 19.1 Å². The number of nitrogens with one attached hydrogen (secondary N) is 1. The van der Waals surface area contributed by atoms with E-state index in [-0.39, 0.29) is 24.2 Å². The quantitative estimate of drug-likeness (QED) is 0.715. The summed E-state index contributed by atoms with van der Waals surface area (Å²) in [5.41, 5.74) is 0. The lowest BCUT2D eigenvalue weighted by Gasteiger charge is -2.17. The second-order valence-electron chi connectivity index (χ2n) is 4.52. The van der Waals surface area contributed by atoms with Gasteiger partial charge in [-0.1, -0.05) is 6.92 Å². The van der Waals surface area contributed by atoms with Crippen LogP contribution in [-0.4, -0.2) is 42.5 Å². The van der Waals surface area contributed by atoms with E-state index in [9.17, 15) is 14.0 Å². The number of carboxylic acids is 1. The molecule has 0 aliphatic rings. The Labute approximate surface area is 126 Å². The molecule has 1 aromatic rings. The monoisotopic (exact) mass is 315 g/mol. The first kappa shape index (κ1) is 17.5. The summed E-state index contributed by atoms with van der Waals surface area (Å²) in [6.07, 6.45) is 0. The lowest BCUT2D eigenvalue weighted by molar-refractivity contribution is -0.143. The van der Waals surface area contributed by atoms with E-state index < -0.39 is 12.0 Å². The molecule has 116 valence electrons. The Kier molecular flexibility index (Phi) is 7.18. The number of benzene rings is 1. The molecule has 0 aromatic heterocycles. The van der Waals surface area contributed by atoms with Crippen molar-refractivity contribution in [2.75, 3.05) is 19.5 Å². The molecule has 1 aromatic carbocycles. The summed E-state index contributed by atoms with van der Waals surface area (Å²) in [7, 11) is 1.37. The number of halogens is 1. The van der Waals surface area contributed by atoms with E-state index in [4.69, 9.17) is 9.84 Å². The van der Waals surface area contributed by atoms with E-state index in [2.05, 4.69) is 5.32 Å². The summed E-state index contributed by atoms with van der Waals surface area (Å²) >= 11 is 1.41. The molecule has 2 unspecified atom stereocenters. The van der Waals surface area contributed by atoms with Gasteiger partial charge < -0.3 is 15.2 Å². The number of hydrogen-bond donors (Lipinski definition) is 2. The number of ether oxygens (including phenoxy) is 1. The Morgan fingerprint density at radius 3 is 2.52 bits per heavy atom. The molecule has 0 spiro atoms. The van der Waals surface area contributed by atoms with Crippen molar-refractivity contribution in [2.45, 2.75) is 17.9 Å². The third-order valence-corrected chi connectivity index (χ3v) is 3.98. The van der Waals surface area contributed by atoms with Crippen LogP contribution >= 0.6 is 11.8 Å². The molecule has 0 fully saturated rings. The van der Waals surface area contributed by atoms with Crippen molar-refractivity contribution in [3.05, 3.63) is 30.1 Å². The normalized spacial score (nSPS) is 13.5. The lowest BCUT2D eigenvalue weighted by Crippen LogP contribution is -2.46.